The minimum atomic E-state index is -0.300. The number of hydrogen-bond donors (Lipinski definition) is 3. The van der Waals surface area contributed by atoms with E-state index in [4.69, 9.17) is 15.9 Å². The lowest BCUT2D eigenvalue weighted by molar-refractivity contribution is 0.171. The van der Waals surface area contributed by atoms with Gasteiger partial charge in [-0.3, -0.25) is 0 Å². The van der Waals surface area contributed by atoms with Gasteiger partial charge < -0.3 is 15.9 Å². The van der Waals surface area contributed by atoms with E-state index in [1.54, 1.807) is 0 Å². The molecule has 0 atom stereocenters. The standard InChI is InChI=1S/C8H19NO2/c1-8(2,9)7(3-5-10)4-6-11/h7,10-11H,3-6,9H2,1-2H3. The van der Waals surface area contributed by atoms with Crippen LogP contribution in [-0.4, -0.2) is 29.0 Å². The molecule has 0 saturated heterocycles. The molecule has 3 nitrogen and oxygen atoms in total. The Morgan fingerprint density at radius 1 is 1.18 bits per heavy atom. The van der Waals surface area contributed by atoms with E-state index in [-0.39, 0.29) is 24.7 Å². The highest BCUT2D eigenvalue weighted by atomic mass is 16.3. The Hall–Kier alpha value is -0.120. The van der Waals surface area contributed by atoms with Gasteiger partial charge in [-0.1, -0.05) is 0 Å². The zero-order valence-corrected chi connectivity index (χ0v) is 7.38. The maximum atomic E-state index is 8.69. The van der Waals surface area contributed by atoms with Crippen molar-refractivity contribution in [3.8, 4) is 0 Å². The fourth-order valence-corrected chi connectivity index (χ4v) is 1.20. The Morgan fingerprint density at radius 2 is 1.55 bits per heavy atom. The fourth-order valence-electron chi connectivity index (χ4n) is 1.20. The van der Waals surface area contributed by atoms with Crippen molar-refractivity contribution in [2.45, 2.75) is 32.2 Å². The van der Waals surface area contributed by atoms with Gasteiger partial charge in [0.15, 0.2) is 0 Å². The van der Waals surface area contributed by atoms with Gasteiger partial charge in [0.1, 0.15) is 0 Å². The molecule has 0 bridgehead atoms. The van der Waals surface area contributed by atoms with E-state index in [1.807, 2.05) is 13.8 Å². The summed E-state index contributed by atoms with van der Waals surface area (Å²) in [6.45, 7) is 4.13. The Kier molecular flexibility index (Phi) is 4.65. The van der Waals surface area contributed by atoms with Crippen LogP contribution in [0.2, 0.25) is 0 Å². The molecule has 0 rings (SSSR count). The molecule has 0 aromatic heterocycles. The summed E-state index contributed by atoms with van der Waals surface area (Å²) in [7, 11) is 0. The zero-order valence-electron chi connectivity index (χ0n) is 7.38. The van der Waals surface area contributed by atoms with Crippen molar-refractivity contribution in [2.24, 2.45) is 11.7 Å². The maximum absolute atomic E-state index is 8.69. The smallest absolute Gasteiger partial charge is 0.0434 e. The lowest BCUT2D eigenvalue weighted by atomic mass is 9.84. The molecule has 0 spiro atoms. The number of aliphatic hydroxyl groups excluding tert-OH is 2. The molecule has 0 unspecified atom stereocenters. The highest BCUT2D eigenvalue weighted by molar-refractivity contribution is 4.81. The topological polar surface area (TPSA) is 66.5 Å². The van der Waals surface area contributed by atoms with Crippen LogP contribution in [0.1, 0.15) is 26.7 Å². The second-order valence-electron chi connectivity index (χ2n) is 3.54. The third kappa shape index (κ3) is 4.35. The zero-order chi connectivity index (χ0) is 8.91. The summed E-state index contributed by atoms with van der Waals surface area (Å²) >= 11 is 0. The number of aliphatic hydroxyl groups is 2. The number of rotatable bonds is 5. The molecule has 11 heavy (non-hydrogen) atoms. The molecule has 3 heteroatoms. The molecule has 0 radical (unpaired) electrons. The summed E-state index contributed by atoms with van der Waals surface area (Å²) in [5.41, 5.74) is 5.53. The lowest BCUT2D eigenvalue weighted by Gasteiger charge is -2.29. The van der Waals surface area contributed by atoms with Crippen molar-refractivity contribution in [2.75, 3.05) is 13.2 Å². The molecule has 0 aliphatic carbocycles. The van der Waals surface area contributed by atoms with Gasteiger partial charge in [0.25, 0.3) is 0 Å². The van der Waals surface area contributed by atoms with Crippen LogP contribution in [-0.2, 0) is 0 Å². The Labute approximate surface area is 68.2 Å². The van der Waals surface area contributed by atoms with Crippen LogP contribution >= 0.6 is 0 Å². The van der Waals surface area contributed by atoms with Crippen LogP contribution in [0.3, 0.4) is 0 Å². The monoisotopic (exact) mass is 161 g/mol. The second-order valence-corrected chi connectivity index (χ2v) is 3.54. The minimum Gasteiger partial charge on any atom is -0.396 e. The van der Waals surface area contributed by atoms with Crippen molar-refractivity contribution in [1.82, 2.24) is 0 Å². The van der Waals surface area contributed by atoms with Crippen molar-refractivity contribution in [1.29, 1.82) is 0 Å². The highest BCUT2D eigenvalue weighted by Gasteiger charge is 2.23. The van der Waals surface area contributed by atoms with Gasteiger partial charge in [-0.2, -0.15) is 0 Å². The summed E-state index contributed by atoms with van der Waals surface area (Å²) in [4.78, 5) is 0. The van der Waals surface area contributed by atoms with Gasteiger partial charge in [0.05, 0.1) is 0 Å². The molecule has 0 aromatic carbocycles. The Balaban J connectivity index is 3.88. The lowest BCUT2D eigenvalue weighted by Crippen LogP contribution is -2.41. The van der Waals surface area contributed by atoms with Gasteiger partial charge in [-0.25, -0.2) is 0 Å². The second kappa shape index (κ2) is 4.70. The van der Waals surface area contributed by atoms with E-state index < -0.39 is 0 Å². The van der Waals surface area contributed by atoms with Crippen molar-refractivity contribution >= 4 is 0 Å². The van der Waals surface area contributed by atoms with E-state index in [0.29, 0.717) is 12.8 Å². The predicted molar refractivity (Wildman–Crippen MR) is 45.2 cm³/mol. The first-order valence-electron chi connectivity index (χ1n) is 4.03. The first kappa shape index (κ1) is 10.9. The van der Waals surface area contributed by atoms with E-state index in [1.165, 1.54) is 0 Å². The number of nitrogens with two attached hydrogens (primary N) is 1. The first-order valence-corrected chi connectivity index (χ1v) is 4.03. The van der Waals surface area contributed by atoms with Crippen LogP contribution in [0.4, 0.5) is 0 Å². The molecule has 0 amide bonds. The molecule has 68 valence electrons. The summed E-state index contributed by atoms with van der Waals surface area (Å²) in [6, 6.07) is 0. The van der Waals surface area contributed by atoms with Gasteiger partial charge in [-0.15, -0.1) is 0 Å². The van der Waals surface area contributed by atoms with Crippen molar-refractivity contribution < 1.29 is 10.2 Å². The highest BCUT2D eigenvalue weighted by Crippen LogP contribution is 2.20. The normalized spacial score (nSPS) is 12.5. The summed E-state index contributed by atoms with van der Waals surface area (Å²) < 4.78 is 0. The molecule has 0 fully saturated rings. The van der Waals surface area contributed by atoms with Crippen LogP contribution in [0.25, 0.3) is 0 Å². The summed E-state index contributed by atoms with van der Waals surface area (Å²) in [5.74, 6) is 0.206. The van der Waals surface area contributed by atoms with Gasteiger partial charge in [0, 0.05) is 18.8 Å². The van der Waals surface area contributed by atoms with Gasteiger partial charge >= 0.3 is 0 Å². The largest absolute Gasteiger partial charge is 0.396 e. The quantitative estimate of drug-likeness (QED) is 0.536. The van der Waals surface area contributed by atoms with E-state index in [2.05, 4.69) is 0 Å². The van der Waals surface area contributed by atoms with E-state index in [0.717, 1.165) is 0 Å². The Morgan fingerprint density at radius 3 is 1.73 bits per heavy atom. The molecule has 0 heterocycles. The maximum Gasteiger partial charge on any atom is 0.0434 e. The van der Waals surface area contributed by atoms with Gasteiger partial charge in [0.2, 0.25) is 0 Å². The van der Waals surface area contributed by atoms with Crippen LogP contribution in [0.5, 0.6) is 0 Å². The fraction of sp³-hybridized carbons (Fsp3) is 1.00. The van der Waals surface area contributed by atoms with Crippen molar-refractivity contribution in [3.05, 3.63) is 0 Å². The van der Waals surface area contributed by atoms with E-state index in [9.17, 15) is 0 Å². The molecule has 0 aliphatic rings. The van der Waals surface area contributed by atoms with E-state index >= 15 is 0 Å². The third-order valence-electron chi connectivity index (χ3n) is 2.01. The minimum absolute atomic E-state index is 0.144. The van der Waals surface area contributed by atoms with Crippen LogP contribution in [0, 0.1) is 5.92 Å². The summed E-state index contributed by atoms with van der Waals surface area (Å²) in [5, 5.41) is 17.4. The Bertz CT molecular complexity index is 92.8. The molecular formula is C8H19NO2. The molecule has 4 N–H and O–H groups in total. The van der Waals surface area contributed by atoms with Crippen molar-refractivity contribution in [3.63, 3.8) is 0 Å². The number of hydrogen-bond acceptors (Lipinski definition) is 3. The SMILES string of the molecule is CC(C)(N)C(CCO)CCO. The molecule has 0 saturated carbocycles. The van der Waals surface area contributed by atoms with Crippen LogP contribution in [0.15, 0.2) is 0 Å². The average molecular weight is 161 g/mol. The predicted octanol–water partition coefficient (Wildman–Crippen LogP) is 0.105. The van der Waals surface area contributed by atoms with Gasteiger partial charge in [-0.05, 0) is 32.6 Å². The molecular weight excluding hydrogens is 142 g/mol. The third-order valence-corrected chi connectivity index (χ3v) is 2.01. The first-order chi connectivity index (χ1) is 5.02. The molecule has 0 aromatic rings. The van der Waals surface area contributed by atoms with Crippen LogP contribution < -0.4 is 5.73 Å². The molecule has 0 aliphatic heterocycles. The summed E-state index contributed by atoms with van der Waals surface area (Å²) in [6.07, 6.45) is 1.34. The average Bonchev–Trinajstić information content (AvgIpc) is 1.85.